The molecule has 29 heavy (non-hydrogen) atoms. The van der Waals surface area contributed by atoms with Crippen LogP contribution in [0.1, 0.15) is 42.4 Å². The van der Waals surface area contributed by atoms with Crippen molar-refractivity contribution in [2.75, 3.05) is 19.6 Å². The third kappa shape index (κ3) is 4.58. The van der Waals surface area contributed by atoms with E-state index in [-0.39, 0.29) is 17.4 Å². The minimum absolute atomic E-state index is 0.00371. The molecule has 0 atom stereocenters. The van der Waals surface area contributed by atoms with Crippen molar-refractivity contribution >= 4 is 11.8 Å². The summed E-state index contributed by atoms with van der Waals surface area (Å²) in [7, 11) is 0. The number of nitrogens with zero attached hydrogens (tertiary/aromatic N) is 3. The number of piperidine rings is 1. The Morgan fingerprint density at radius 3 is 2.59 bits per heavy atom. The van der Waals surface area contributed by atoms with Crippen molar-refractivity contribution < 1.29 is 9.59 Å². The van der Waals surface area contributed by atoms with Gasteiger partial charge < -0.3 is 14.4 Å². The Kier molecular flexibility index (Phi) is 5.79. The number of benzene rings is 1. The van der Waals surface area contributed by atoms with Crippen LogP contribution in [0.15, 0.2) is 47.4 Å². The highest BCUT2D eigenvalue weighted by atomic mass is 16.2. The Morgan fingerprint density at radius 1 is 0.966 bits per heavy atom. The van der Waals surface area contributed by atoms with Crippen LogP contribution in [0.5, 0.6) is 0 Å². The molecule has 0 aliphatic carbocycles. The summed E-state index contributed by atoms with van der Waals surface area (Å²) in [5.74, 6) is 0.243. The lowest BCUT2D eigenvalue weighted by molar-refractivity contribution is -0.136. The molecule has 152 valence electrons. The Hall–Kier alpha value is -2.89. The Morgan fingerprint density at radius 2 is 1.79 bits per heavy atom. The minimum atomic E-state index is -0.00371. The minimum Gasteiger partial charge on any atom is -0.342 e. The second kappa shape index (κ2) is 8.64. The largest absolute Gasteiger partial charge is 0.342 e. The van der Waals surface area contributed by atoms with Gasteiger partial charge in [-0.25, -0.2) is 0 Å². The number of carbonyl (C=O) groups is 2. The molecule has 0 spiro atoms. The molecule has 0 N–H and O–H groups in total. The molecule has 1 fully saturated rings. The number of fused-ring (bicyclic) bond motifs is 1. The zero-order valence-electron chi connectivity index (χ0n) is 16.7. The van der Waals surface area contributed by atoms with Gasteiger partial charge in [0, 0.05) is 51.3 Å². The smallest absolute Gasteiger partial charge is 0.251 e. The standard InChI is InChI=1S/C23H27N3O3/c27-21-8-4-5-11-24(21)13-10-22(28)25-12-9-19-14-23(29)26(17-20(19)16-25)15-18-6-2-1-3-7-18/h1-3,6-7,14,17H,4-5,8-13,15-16H2. The highest BCUT2D eigenvalue weighted by Gasteiger charge is 2.24. The molecule has 0 radical (unpaired) electrons. The fourth-order valence-corrected chi connectivity index (χ4v) is 4.18. The average molecular weight is 393 g/mol. The zero-order valence-corrected chi connectivity index (χ0v) is 16.7. The quantitative estimate of drug-likeness (QED) is 0.782. The summed E-state index contributed by atoms with van der Waals surface area (Å²) in [5, 5.41) is 0. The van der Waals surface area contributed by atoms with Crippen molar-refractivity contribution in [1.82, 2.24) is 14.4 Å². The third-order valence-corrected chi connectivity index (χ3v) is 5.88. The van der Waals surface area contributed by atoms with Crippen molar-refractivity contribution in [2.24, 2.45) is 0 Å². The van der Waals surface area contributed by atoms with Crippen molar-refractivity contribution in [1.29, 1.82) is 0 Å². The SMILES string of the molecule is O=C1CCCCN1CCC(=O)N1CCc2cc(=O)n(Cc3ccccc3)cc2C1. The average Bonchev–Trinajstić information content (AvgIpc) is 2.74. The number of likely N-dealkylation sites (tertiary alicyclic amines) is 1. The summed E-state index contributed by atoms with van der Waals surface area (Å²) >= 11 is 0. The number of carbonyl (C=O) groups excluding carboxylic acids is 2. The lowest BCUT2D eigenvalue weighted by Crippen LogP contribution is -2.41. The lowest BCUT2D eigenvalue weighted by Gasteiger charge is -2.31. The molecule has 2 aliphatic rings. The van der Waals surface area contributed by atoms with Gasteiger partial charge >= 0.3 is 0 Å². The monoisotopic (exact) mass is 393 g/mol. The Bertz CT molecular complexity index is 952. The third-order valence-electron chi connectivity index (χ3n) is 5.88. The van der Waals surface area contributed by atoms with E-state index in [2.05, 4.69) is 0 Å². The predicted molar refractivity (Wildman–Crippen MR) is 110 cm³/mol. The van der Waals surface area contributed by atoms with Crippen LogP contribution in [0, 0.1) is 0 Å². The molecule has 1 aromatic carbocycles. The van der Waals surface area contributed by atoms with Gasteiger partial charge in [0.2, 0.25) is 11.8 Å². The molecule has 4 rings (SSSR count). The zero-order chi connectivity index (χ0) is 20.2. The van der Waals surface area contributed by atoms with E-state index in [1.54, 1.807) is 10.6 Å². The summed E-state index contributed by atoms with van der Waals surface area (Å²) in [6, 6.07) is 11.6. The summed E-state index contributed by atoms with van der Waals surface area (Å²) in [6.07, 6.45) is 5.55. The number of hydrogen-bond acceptors (Lipinski definition) is 3. The predicted octanol–water partition coefficient (Wildman–Crippen LogP) is 2.18. The van der Waals surface area contributed by atoms with Crippen molar-refractivity contribution in [3.05, 3.63) is 69.6 Å². The number of amides is 2. The van der Waals surface area contributed by atoms with E-state index in [9.17, 15) is 14.4 Å². The van der Waals surface area contributed by atoms with Gasteiger partial charge in [-0.15, -0.1) is 0 Å². The van der Waals surface area contributed by atoms with Gasteiger partial charge in [0.05, 0.1) is 6.54 Å². The maximum Gasteiger partial charge on any atom is 0.251 e. The first kappa shape index (κ1) is 19.4. The van der Waals surface area contributed by atoms with E-state index in [0.717, 1.165) is 36.1 Å². The molecule has 6 heteroatoms. The molecule has 0 bridgehead atoms. The second-order valence-electron chi connectivity index (χ2n) is 7.93. The van der Waals surface area contributed by atoms with Crippen LogP contribution >= 0.6 is 0 Å². The molecule has 0 saturated carbocycles. The first-order valence-corrected chi connectivity index (χ1v) is 10.4. The van der Waals surface area contributed by atoms with E-state index in [1.807, 2.05) is 46.3 Å². The summed E-state index contributed by atoms with van der Waals surface area (Å²) in [5.41, 5.74) is 3.14. The van der Waals surface area contributed by atoms with E-state index >= 15 is 0 Å². The normalized spacial score (nSPS) is 16.6. The van der Waals surface area contributed by atoms with Crippen molar-refractivity contribution in [2.45, 2.75) is 45.2 Å². The molecule has 2 aromatic rings. The summed E-state index contributed by atoms with van der Waals surface area (Å²) in [6.45, 7) is 2.95. The number of aromatic nitrogens is 1. The van der Waals surface area contributed by atoms with Crippen LogP contribution in [0.25, 0.3) is 0 Å². The van der Waals surface area contributed by atoms with E-state index in [4.69, 9.17) is 0 Å². The molecule has 1 aromatic heterocycles. The molecular weight excluding hydrogens is 366 g/mol. The molecule has 0 unspecified atom stereocenters. The van der Waals surface area contributed by atoms with E-state index < -0.39 is 0 Å². The van der Waals surface area contributed by atoms with Crippen LogP contribution in [0.4, 0.5) is 0 Å². The second-order valence-corrected chi connectivity index (χ2v) is 7.93. The van der Waals surface area contributed by atoms with E-state index in [1.165, 1.54) is 0 Å². The first-order chi connectivity index (χ1) is 14.1. The van der Waals surface area contributed by atoms with Gasteiger partial charge in [-0.1, -0.05) is 30.3 Å². The number of hydrogen-bond donors (Lipinski definition) is 0. The van der Waals surface area contributed by atoms with Gasteiger partial charge in [0.15, 0.2) is 0 Å². The molecule has 6 nitrogen and oxygen atoms in total. The molecule has 2 aliphatic heterocycles. The van der Waals surface area contributed by atoms with Crippen LogP contribution in [0.3, 0.4) is 0 Å². The van der Waals surface area contributed by atoms with Gasteiger partial charge in [0.25, 0.3) is 5.56 Å². The van der Waals surface area contributed by atoms with Gasteiger partial charge in [-0.3, -0.25) is 14.4 Å². The highest BCUT2D eigenvalue weighted by molar-refractivity contribution is 5.79. The number of pyridine rings is 1. The fourth-order valence-electron chi connectivity index (χ4n) is 4.18. The van der Waals surface area contributed by atoms with Crippen LogP contribution in [-0.4, -0.2) is 45.8 Å². The Balaban J connectivity index is 1.41. The van der Waals surface area contributed by atoms with Gasteiger partial charge in [-0.2, -0.15) is 0 Å². The lowest BCUT2D eigenvalue weighted by atomic mass is 10.0. The first-order valence-electron chi connectivity index (χ1n) is 10.4. The molecule has 1 saturated heterocycles. The van der Waals surface area contributed by atoms with Gasteiger partial charge in [-0.05, 0) is 36.0 Å². The maximum absolute atomic E-state index is 12.7. The van der Waals surface area contributed by atoms with Crippen LogP contribution in [0.2, 0.25) is 0 Å². The Labute approximate surface area is 170 Å². The van der Waals surface area contributed by atoms with Crippen molar-refractivity contribution in [3.8, 4) is 0 Å². The number of rotatable bonds is 5. The fraction of sp³-hybridized carbons (Fsp3) is 0.435. The molecule has 3 heterocycles. The van der Waals surface area contributed by atoms with E-state index in [0.29, 0.717) is 45.4 Å². The summed E-state index contributed by atoms with van der Waals surface area (Å²) < 4.78 is 1.72. The summed E-state index contributed by atoms with van der Waals surface area (Å²) in [4.78, 5) is 40.8. The molecule has 2 amide bonds. The van der Waals surface area contributed by atoms with Gasteiger partial charge in [0.1, 0.15) is 0 Å². The molecular formula is C23H27N3O3. The van der Waals surface area contributed by atoms with Crippen molar-refractivity contribution in [3.63, 3.8) is 0 Å². The van der Waals surface area contributed by atoms with Crippen LogP contribution in [-0.2, 0) is 29.1 Å². The van der Waals surface area contributed by atoms with Crippen LogP contribution < -0.4 is 5.56 Å². The maximum atomic E-state index is 12.7. The highest BCUT2D eigenvalue weighted by Crippen LogP contribution is 2.19. The topological polar surface area (TPSA) is 62.6 Å².